The van der Waals surface area contributed by atoms with Gasteiger partial charge >= 0.3 is 6.61 Å². The molecule has 6 heteroatoms. The number of halogens is 2. The first-order chi connectivity index (χ1) is 9.93. The van der Waals surface area contributed by atoms with E-state index in [2.05, 4.69) is 10.1 Å². The van der Waals surface area contributed by atoms with Gasteiger partial charge in [0.1, 0.15) is 5.75 Å². The van der Waals surface area contributed by atoms with Gasteiger partial charge in [-0.25, -0.2) is 0 Å². The van der Waals surface area contributed by atoms with E-state index < -0.39 is 12.7 Å². The molecular weight excluding hydrogens is 278 g/mol. The van der Waals surface area contributed by atoms with Crippen molar-refractivity contribution in [2.45, 2.75) is 39.3 Å². The number of nitrogens with two attached hydrogens (primary N) is 1. The predicted molar refractivity (Wildman–Crippen MR) is 77.1 cm³/mol. The van der Waals surface area contributed by atoms with Crippen LogP contribution in [-0.4, -0.2) is 19.1 Å². The predicted octanol–water partition coefficient (Wildman–Crippen LogP) is 2.84. The van der Waals surface area contributed by atoms with Gasteiger partial charge in [-0.3, -0.25) is 4.79 Å². The van der Waals surface area contributed by atoms with Crippen molar-refractivity contribution in [2.75, 3.05) is 6.54 Å². The summed E-state index contributed by atoms with van der Waals surface area (Å²) in [6.45, 7) is 1.35. The van der Waals surface area contributed by atoms with E-state index in [0.717, 1.165) is 0 Å². The van der Waals surface area contributed by atoms with Gasteiger partial charge < -0.3 is 15.8 Å². The van der Waals surface area contributed by atoms with Gasteiger partial charge in [0.15, 0.2) is 0 Å². The summed E-state index contributed by atoms with van der Waals surface area (Å²) < 4.78 is 29.2. The minimum atomic E-state index is -2.89. The average Bonchev–Trinajstić information content (AvgIpc) is 2.44. The Balaban J connectivity index is 2.62. The van der Waals surface area contributed by atoms with Crippen LogP contribution in [0.2, 0.25) is 0 Å². The van der Waals surface area contributed by atoms with Gasteiger partial charge in [0, 0.05) is 12.0 Å². The second kappa shape index (κ2) is 8.56. The van der Waals surface area contributed by atoms with Crippen LogP contribution in [0.4, 0.5) is 8.78 Å². The zero-order valence-corrected chi connectivity index (χ0v) is 12.3. The Morgan fingerprint density at radius 1 is 1.33 bits per heavy atom. The highest BCUT2D eigenvalue weighted by Crippen LogP contribution is 2.26. The highest BCUT2D eigenvalue weighted by Gasteiger charge is 2.16. The Morgan fingerprint density at radius 3 is 2.62 bits per heavy atom. The van der Waals surface area contributed by atoms with E-state index in [4.69, 9.17) is 5.73 Å². The SMILES string of the molecule is CC(CN)CCC(=O)NC(C)c1ccccc1OC(F)F. The van der Waals surface area contributed by atoms with Crippen LogP contribution in [-0.2, 0) is 4.79 Å². The van der Waals surface area contributed by atoms with Gasteiger partial charge in [0.05, 0.1) is 6.04 Å². The first-order valence-corrected chi connectivity index (χ1v) is 6.97. The summed E-state index contributed by atoms with van der Waals surface area (Å²) in [7, 11) is 0. The molecule has 0 aromatic heterocycles. The van der Waals surface area contributed by atoms with E-state index in [1.165, 1.54) is 6.07 Å². The van der Waals surface area contributed by atoms with Crippen molar-refractivity contribution in [3.8, 4) is 5.75 Å². The molecule has 21 heavy (non-hydrogen) atoms. The van der Waals surface area contributed by atoms with Crippen LogP contribution in [0.5, 0.6) is 5.75 Å². The lowest BCUT2D eigenvalue weighted by Crippen LogP contribution is -2.27. The third-order valence-corrected chi connectivity index (χ3v) is 3.25. The van der Waals surface area contributed by atoms with Gasteiger partial charge in [0.25, 0.3) is 0 Å². The molecule has 0 aliphatic heterocycles. The largest absolute Gasteiger partial charge is 0.434 e. The van der Waals surface area contributed by atoms with Crippen molar-refractivity contribution in [3.63, 3.8) is 0 Å². The molecule has 1 amide bonds. The standard InChI is InChI=1S/C15H22F2N2O2/c1-10(9-18)7-8-14(20)19-11(2)12-5-3-4-6-13(12)21-15(16)17/h3-6,10-11,15H,7-9,18H2,1-2H3,(H,19,20). The number of nitrogens with one attached hydrogen (secondary N) is 1. The fourth-order valence-electron chi connectivity index (χ4n) is 1.93. The normalized spacial score (nSPS) is 13.8. The summed E-state index contributed by atoms with van der Waals surface area (Å²) in [6, 6.07) is 6.04. The molecule has 2 atom stereocenters. The summed E-state index contributed by atoms with van der Waals surface area (Å²) in [4.78, 5) is 11.8. The van der Waals surface area contributed by atoms with E-state index in [-0.39, 0.29) is 17.6 Å². The lowest BCUT2D eigenvalue weighted by Gasteiger charge is -2.18. The number of hydrogen-bond acceptors (Lipinski definition) is 3. The van der Waals surface area contributed by atoms with E-state index >= 15 is 0 Å². The number of hydrogen-bond donors (Lipinski definition) is 2. The third kappa shape index (κ3) is 6.08. The molecule has 0 bridgehead atoms. The quantitative estimate of drug-likeness (QED) is 0.776. The van der Waals surface area contributed by atoms with Crippen LogP contribution in [0.25, 0.3) is 0 Å². The summed E-state index contributed by atoms with van der Waals surface area (Å²) in [6.07, 6.45) is 1.06. The molecule has 118 valence electrons. The maximum atomic E-state index is 12.4. The number of rotatable bonds is 8. The fourth-order valence-corrected chi connectivity index (χ4v) is 1.93. The van der Waals surface area contributed by atoms with Gasteiger partial charge in [-0.15, -0.1) is 0 Å². The molecule has 0 heterocycles. The maximum Gasteiger partial charge on any atom is 0.387 e. The number of carbonyl (C=O) groups excluding carboxylic acids is 1. The number of benzene rings is 1. The Labute approximate surface area is 123 Å². The van der Waals surface area contributed by atoms with Crippen LogP contribution in [0.15, 0.2) is 24.3 Å². The molecule has 0 saturated carbocycles. The molecular formula is C15H22F2N2O2. The molecule has 2 unspecified atom stereocenters. The molecule has 3 N–H and O–H groups in total. The number of ether oxygens (including phenoxy) is 1. The smallest absolute Gasteiger partial charge is 0.387 e. The summed E-state index contributed by atoms with van der Waals surface area (Å²) in [5, 5.41) is 2.78. The van der Waals surface area contributed by atoms with Crippen LogP contribution in [0.1, 0.15) is 38.3 Å². The second-order valence-corrected chi connectivity index (χ2v) is 5.09. The van der Waals surface area contributed by atoms with Gasteiger partial charge in [-0.05, 0) is 31.9 Å². The number of carbonyl (C=O) groups is 1. The number of para-hydroxylation sites is 1. The molecule has 0 fully saturated rings. The van der Waals surface area contributed by atoms with E-state index in [0.29, 0.717) is 24.9 Å². The van der Waals surface area contributed by atoms with Crippen molar-refractivity contribution in [3.05, 3.63) is 29.8 Å². The van der Waals surface area contributed by atoms with Crippen LogP contribution in [0, 0.1) is 5.92 Å². The Kier molecular flexibility index (Phi) is 7.08. The fraction of sp³-hybridized carbons (Fsp3) is 0.533. The lowest BCUT2D eigenvalue weighted by molar-refractivity contribution is -0.122. The summed E-state index contributed by atoms with van der Waals surface area (Å²) in [5.41, 5.74) is 6.02. The minimum Gasteiger partial charge on any atom is -0.434 e. The zero-order chi connectivity index (χ0) is 15.8. The molecule has 1 aromatic rings. The first kappa shape index (κ1) is 17.4. The van der Waals surface area contributed by atoms with Crippen molar-refractivity contribution < 1.29 is 18.3 Å². The molecule has 0 aliphatic rings. The van der Waals surface area contributed by atoms with Crippen molar-refractivity contribution in [2.24, 2.45) is 11.7 Å². The molecule has 4 nitrogen and oxygen atoms in total. The Bertz CT molecular complexity index is 455. The lowest BCUT2D eigenvalue weighted by atomic mass is 10.0. The Hall–Kier alpha value is -1.69. The van der Waals surface area contributed by atoms with Crippen LogP contribution >= 0.6 is 0 Å². The van der Waals surface area contributed by atoms with Crippen molar-refractivity contribution in [1.82, 2.24) is 5.32 Å². The molecule has 1 aromatic carbocycles. The summed E-state index contributed by atoms with van der Waals surface area (Å²) >= 11 is 0. The second-order valence-electron chi connectivity index (χ2n) is 5.09. The topological polar surface area (TPSA) is 64.4 Å². The zero-order valence-electron chi connectivity index (χ0n) is 12.3. The van der Waals surface area contributed by atoms with Crippen LogP contribution in [0.3, 0.4) is 0 Å². The first-order valence-electron chi connectivity index (χ1n) is 6.97. The molecule has 0 spiro atoms. The van der Waals surface area contributed by atoms with Gasteiger partial charge in [-0.2, -0.15) is 8.78 Å². The van der Waals surface area contributed by atoms with Gasteiger partial charge in [-0.1, -0.05) is 25.1 Å². The monoisotopic (exact) mass is 300 g/mol. The highest BCUT2D eigenvalue weighted by molar-refractivity contribution is 5.76. The number of alkyl halides is 2. The van der Waals surface area contributed by atoms with Crippen molar-refractivity contribution >= 4 is 5.91 Å². The summed E-state index contributed by atoms with van der Waals surface area (Å²) in [5.74, 6) is 0.228. The van der Waals surface area contributed by atoms with E-state index in [1.807, 2.05) is 6.92 Å². The van der Waals surface area contributed by atoms with Crippen molar-refractivity contribution in [1.29, 1.82) is 0 Å². The molecule has 1 rings (SSSR count). The highest BCUT2D eigenvalue weighted by atomic mass is 19.3. The third-order valence-electron chi connectivity index (χ3n) is 3.25. The Morgan fingerprint density at radius 2 is 2.00 bits per heavy atom. The maximum absolute atomic E-state index is 12.4. The molecule has 0 saturated heterocycles. The van der Waals surface area contributed by atoms with E-state index in [9.17, 15) is 13.6 Å². The molecule has 0 aliphatic carbocycles. The van der Waals surface area contributed by atoms with Crippen LogP contribution < -0.4 is 15.8 Å². The average molecular weight is 300 g/mol. The molecule has 0 radical (unpaired) electrons. The number of amides is 1. The van der Waals surface area contributed by atoms with E-state index in [1.54, 1.807) is 25.1 Å². The van der Waals surface area contributed by atoms with Gasteiger partial charge in [0.2, 0.25) is 5.91 Å². The minimum absolute atomic E-state index is 0.0793.